The minimum Gasteiger partial charge on any atom is -0.377 e. The van der Waals surface area contributed by atoms with Crippen LogP contribution in [0.1, 0.15) is 39.4 Å². The Labute approximate surface area is 130 Å². The molecule has 2 heterocycles. The number of aromatic nitrogens is 2. The van der Waals surface area contributed by atoms with Crippen LogP contribution in [0, 0.1) is 5.92 Å². The quantitative estimate of drug-likeness (QED) is 0.918. The predicted molar refractivity (Wildman–Crippen MR) is 83.5 cm³/mol. The molecule has 0 spiro atoms. The van der Waals surface area contributed by atoms with E-state index in [1.165, 1.54) is 11.5 Å². The molecular weight excluding hydrogens is 288 g/mol. The number of nitrogens with one attached hydrogen (secondary N) is 1. The Balaban J connectivity index is 1.98. The molecule has 0 aliphatic carbocycles. The Hall–Kier alpha value is -1.21. The van der Waals surface area contributed by atoms with Gasteiger partial charge in [-0.25, -0.2) is 4.98 Å². The molecule has 1 fully saturated rings. The third kappa shape index (κ3) is 4.64. The first kappa shape index (κ1) is 16.2. The summed E-state index contributed by atoms with van der Waals surface area (Å²) >= 11 is 1.38. The Kier molecular flexibility index (Phi) is 5.16. The number of carbonyl (C=O) groups excluding carboxylic acids is 1. The number of nitrogens with zero attached hydrogens (tertiary/aromatic N) is 3. The zero-order valence-electron chi connectivity index (χ0n) is 13.2. The fraction of sp³-hybridized carbons (Fsp3) is 0.786. The van der Waals surface area contributed by atoms with Crippen LogP contribution in [-0.2, 0) is 16.1 Å². The van der Waals surface area contributed by atoms with E-state index in [4.69, 9.17) is 4.74 Å². The van der Waals surface area contributed by atoms with Gasteiger partial charge in [-0.2, -0.15) is 4.37 Å². The lowest BCUT2D eigenvalue weighted by Gasteiger charge is -2.33. The zero-order chi connectivity index (χ0) is 15.5. The van der Waals surface area contributed by atoms with E-state index in [-0.39, 0.29) is 17.4 Å². The second-order valence-corrected chi connectivity index (χ2v) is 7.18. The highest BCUT2D eigenvalue weighted by atomic mass is 32.1. The van der Waals surface area contributed by atoms with Gasteiger partial charge >= 0.3 is 0 Å². The molecule has 6 nitrogen and oxygen atoms in total. The molecule has 0 aromatic carbocycles. The average Bonchev–Trinajstić information content (AvgIpc) is 2.86. The number of methoxy groups -OCH3 is 1. The molecule has 118 valence electrons. The van der Waals surface area contributed by atoms with Crippen molar-refractivity contribution in [1.29, 1.82) is 0 Å². The van der Waals surface area contributed by atoms with Gasteiger partial charge in [0.1, 0.15) is 6.61 Å². The fourth-order valence-corrected chi connectivity index (χ4v) is 3.11. The number of amides is 1. The molecule has 1 amide bonds. The number of hydrogen-bond donors (Lipinski definition) is 1. The maximum atomic E-state index is 12.3. The molecule has 1 aromatic rings. The highest BCUT2D eigenvalue weighted by Gasteiger charge is 2.29. The van der Waals surface area contributed by atoms with Gasteiger partial charge in [0, 0.05) is 37.3 Å². The van der Waals surface area contributed by atoms with Gasteiger partial charge in [0.05, 0.1) is 5.92 Å². The van der Waals surface area contributed by atoms with E-state index in [1.807, 2.05) is 20.8 Å². The van der Waals surface area contributed by atoms with Crippen molar-refractivity contribution in [1.82, 2.24) is 14.7 Å². The summed E-state index contributed by atoms with van der Waals surface area (Å²) in [6.07, 6.45) is 1.93. The largest absolute Gasteiger partial charge is 0.377 e. The molecule has 0 bridgehead atoms. The SMILES string of the molecule is COCc1nsc(N2CCCC(C(=O)NC(C)(C)C)C2)n1. The normalized spacial score (nSPS) is 19.6. The maximum Gasteiger partial charge on any atom is 0.225 e. The molecule has 1 N–H and O–H groups in total. The van der Waals surface area contributed by atoms with Crippen LogP contribution in [0.25, 0.3) is 0 Å². The fourth-order valence-electron chi connectivity index (χ4n) is 2.40. The van der Waals surface area contributed by atoms with E-state index >= 15 is 0 Å². The molecule has 1 atom stereocenters. The van der Waals surface area contributed by atoms with Crippen molar-refractivity contribution >= 4 is 22.6 Å². The van der Waals surface area contributed by atoms with Crippen LogP contribution in [0.5, 0.6) is 0 Å². The molecule has 1 unspecified atom stereocenters. The molecular formula is C14H24N4O2S. The first-order chi connectivity index (χ1) is 9.89. The van der Waals surface area contributed by atoms with Gasteiger partial charge in [-0.05, 0) is 33.6 Å². The van der Waals surface area contributed by atoms with Crippen molar-refractivity contribution in [2.24, 2.45) is 5.92 Å². The molecule has 0 saturated carbocycles. The van der Waals surface area contributed by atoms with Crippen molar-refractivity contribution < 1.29 is 9.53 Å². The Morgan fingerprint density at radius 1 is 1.52 bits per heavy atom. The number of carbonyl (C=O) groups is 1. The van der Waals surface area contributed by atoms with Gasteiger partial charge in [0.25, 0.3) is 0 Å². The van der Waals surface area contributed by atoms with E-state index < -0.39 is 0 Å². The Morgan fingerprint density at radius 3 is 2.95 bits per heavy atom. The van der Waals surface area contributed by atoms with Gasteiger partial charge in [-0.1, -0.05) is 0 Å². The third-order valence-electron chi connectivity index (χ3n) is 3.29. The van der Waals surface area contributed by atoms with E-state index in [9.17, 15) is 4.79 Å². The highest BCUT2D eigenvalue weighted by Crippen LogP contribution is 2.25. The number of ether oxygens (including phenoxy) is 1. The zero-order valence-corrected chi connectivity index (χ0v) is 14.0. The first-order valence-electron chi connectivity index (χ1n) is 7.27. The summed E-state index contributed by atoms with van der Waals surface area (Å²) in [5, 5.41) is 3.95. The number of anilines is 1. The molecule has 1 aliphatic heterocycles. The topological polar surface area (TPSA) is 67.3 Å². The van der Waals surface area contributed by atoms with E-state index in [0.717, 1.165) is 24.5 Å². The molecule has 7 heteroatoms. The van der Waals surface area contributed by atoms with Crippen LogP contribution in [0.4, 0.5) is 5.13 Å². The van der Waals surface area contributed by atoms with Crippen molar-refractivity contribution in [3.63, 3.8) is 0 Å². The van der Waals surface area contributed by atoms with E-state index in [2.05, 4.69) is 19.6 Å². The van der Waals surface area contributed by atoms with Crippen molar-refractivity contribution in [2.75, 3.05) is 25.1 Å². The summed E-state index contributed by atoms with van der Waals surface area (Å²) in [4.78, 5) is 18.9. The second-order valence-electron chi connectivity index (χ2n) is 6.45. The van der Waals surface area contributed by atoms with Crippen LogP contribution in [-0.4, -0.2) is 41.0 Å². The molecule has 1 aliphatic rings. The van der Waals surface area contributed by atoms with Crippen molar-refractivity contribution in [2.45, 2.75) is 45.8 Å². The van der Waals surface area contributed by atoms with Gasteiger partial charge in [0.15, 0.2) is 5.82 Å². The summed E-state index contributed by atoms with van der Waals surface area (Å²) in [7, 11) is 1.63. The minimum atomic E-state index is -0.187. The number of rotatable bonds is 4. The van der Waals surface area contributed by atoms with Crippen molar-refractivity contribution in [3.05, 3.63) is 5.82 Å². The second kappa shape index (κ2) is 6.70. The van der Waals surface area contributed by atoms with Gasteiger partial charge in [-0.3, -0.25) is 4.79 Å². The monoisotopic (exact) mass is 312 g/mol. The number of piperidine rings is 1. The highest BCUT2D eigenvalue weighted by molar-refractivity contribution is 7.09. The van der Waals surface area contributed by atoms with Gasteiger partial charge in [0.2, 0.25) is 11.0 Å². The van der Waals surface area contributed by atoms with E-state index in [0.29, 0.717) is 19.0 Å². The minimum absolute atomic E-state index is 0.0211. The Bertz CT molecular complexity index is 484. The summed E-state index contributed by atoms with van der Waals surface area (Å²) in [5.41, 5.74) is -0.187. The first-order valence-corrected chi connectivity index (χ1v) is 8.05. The molecule has 21 heavy (non-hydrogen) atoms. The van der Waals surface area contributed by atoms with Crippen LogP contribution >= 0.6 is 11.5 Å². The molecule has 2 rings (SSSR count). The molecule has 0 radical (unpaired) electrons. The van der Waals surface area contributed by atoms with Crippen LogP contribution in [0.2, 0.25) is 0 Å². The van der Waals surface area contributed by atoms with Crippen LogP contribution in [0.3, 0.4) is 0 Å². The number of hydrogen-bond acceptors (Lipinski definition) is 6. The lowest BCUT2D eigenvalue weighted by atomic mass is 9.96. The smallest absolute Gasteiger partial charge is 0.225 e. The summed E-state index contributed by atoms with van der Waals surface area (Å²) < 4.78 is 9.32. The lowest BCUT2D eigenvalue weighted by Crippen LogP contribution is -2.48. The maximum absolute atomic E-state index is 12.3. The lowest BCUT2D eigenvalue weighted by molar-refractivity contribution is -0.126. The average molecular weight is 312 g/mol. The van der Waals surface area contributed by atoms with Crippen molar-refractivity contribution in [3.8, 4) is 0 Å². The Morgan fingerprint density at radius 2 is 2.29 bits per heavy atom. The summed E-state index contributed by atoms with van der Waals surface area (Å²) in [5.74, 6) is 0.861. The summed E-state index contributed by atoms with van der Waals surface area (Å²) in [6.45, 7) is 8.09. The van der Waals surface area contributed by atoms with Gasteiger partial charge < -0.3 is 15.0 Å². The van der Waals surface area contributed by atoms with Crippen LogP contribution in [0.15, 0.2) is 0 Å². The molecule has 1 aromatic heterocycles. The van der Waals surface area contributed by atoms with Crippen LogP contribution < -0.4 is 10.2 Å². The van der Waals surface area contributed by atoms with Gasteiger partial charge in [-0.15, -0.1) is 0 Å². The predicted octanol–water partition coefficient (Wildman–Crippen LogP) is 1.82. The summed E-state index contributed by atoms with van der Waals surface area (Å²) in [6, 6.07) is 0. The third-order valence-corrected chi connectivity index (χ3v) is 4.11. The molecule has 1 saturated heterocycles. The van der Waals surface area contributed by atoms with E-state index in [1.54, 1.807) is 7.11 Å². The standard InChI is InChI=1S/C14H24N4O2S/c1-14(2,3)16-12(19)10-6-5-7-18(8-10)13-15-11(9-20-4)17-21-13/h10H,5-9H2,1-4H3,(H,16,19).